The Morgan fingerprint density at radius 1 is 1.35 bits per heavy atom. The molecule has 0 saturated carbocycles. The molecule has 2 heterocycles. The number of aryl methyl sites for hydroxylation is 2. The second-order valence-electron chi connectivity index (χ2n) is 6.48. The maximum absolute atomic E-state index is 4.62. The molecule has 0 aliphatic heterocycles. The molecule has 0 spiro atoms. The van der Waals surface area contributed by atoms with Gasteiger partial charge in [-0.05, 0) is 26.0 Å². The van der Waals surface area contributed by atoms with E-state index >= 15 is 0 Å². The van der Waals surface area contributed by atoms with Crippen LogP contribution in [0.2, 0.25) is 0 Å². The van der Waals surface area contributed by atoms with Crippen LogP contribution in [0.3, 0.4) is 0 Å². The third-order valence-corrected chi connectivity index (χ3v) is 4.58. The van der Waals surface area contributed by atoms with Gasteiger partial charge >= 0.3 is 0 Å². The molecule has 4 heteroatoms. The first-order chi connectivity index (χ1) is 9.27. The quantitative estimate of drug-likeness (QED) is 0.924. The Morgan fingerprint density at radius 2 is 2.05 bits per heavy atom. The van der Waals surface area contributed by atoms with E-state index in [1.54, 1.807) is 0 Å². The second-order valence-corrected chi connectivity index (χ2v) is 7.80. The molecular weight excluding hydrogens is 266 g/mol. The molecular formula is C16H25N3S. The van der Waals surface area contributed by atoms with Gasteiger partial charge in [0.2, 0.25) is 0 Å². The maximum atomic E-state index is 4.62. The first-order valence-electron chi connectivity index (χ1n) is 7.10. The predicted molar refractivity (Wildman–Crippen MR) is 86.2 cm³/mol. The number of nitrogens with one attached hydrogen (secondary N) is 1. The Hall–Kier alpha value is -1.13. The molecule has 2 rings (SSSR count). The van der Waals surface area contributed by atoms with Gasteiger partial charge in [0.25, 0.3) is 0 Å². The fraction of sp³-hybridized carbons (Fsp3) is 0.562. The fourth-order valence-corrected chi connectivity index (χ4v) is 3.25. The van der Waals surface area contributed by atoms with Crippen LogP contribution in [0, 0.1) is 6.92 Å². The first kappa shape index (κ1) is 15.3. The average molecular weight is 291 g/mol. The van der Waals surface area contributed by atoms with E-state index in [0.717, 1.165) is 6.54 Å². The van der Waals surface area contributed by atoms with Crippen molar-refractivity contribution in [2.75, 3.05) is 0 Å². The SMILES string of the molecule is Cc1ccc(C(C)NCc2cn(C)nc2C(C)(C)C)s1. The van der Waals surface area contributed by atoms with Crippen LogP contribution in [0.15, 0.2) is 18.3 Å². The molecule has 1 N–H and O–H groups in total. The smallest absolute Gasteiger partial charge is 0.0722 e. The zero-order chi connectivity index (χ0) is 14.9. The van der Waals surface area contributed by atoms with Gasteiger partial charge in [-0.3, -0.25) is 4.68 Å². The lowest BCUT2D eigenvalue weighted by Crippen LogP contribution is -2.21. The summed E-state index contributed by atoms with van der Waals surface area (Å²) >= 11 is 1.86. The normalized spacial score (nSPS) is 13.7. The third-order valence-electron chi connectivity index (χ3n) is 3.40. The van der Waals surface area contributed by atoms with Gasteiger partial charge in [0.1, 0.15) is 0 Å². The predicted octanol–water partition coefficient (Wildman–Crippen LogP) is 3.94. The lowest BCUT2D eigenvalue weighted by Gasteiger charge is -2.19. The molecule has 1 unspecified atom stereocenters. The summed E-state index contributed by atoms with van der Waals surface area (Å²) in [6.45, 7) is 11.9. The van der Waals surface area contributed by atoms with E-state index < -0.39 is 0 Å². The Morgan fingerprint density at radius 3 is 2.60 bits per heavy atom. The van der Waals surface area contributed by atoms with Gasteiger partial charge in [-0.25, -0.2) is 0 Å². The molecule has 20 heavy (non-hydrogen) atoms. The summed E-state index contributed by atoms with van der Waals surface area (Å²) in [6.07, 6.45) is 2.12. The molecule has 0 aromatic carbocycles. The number of thiophene rings is 1. The van der Waals surface area contributed by atoms with Crippen molar-refractivity contribution in [3.8, 4) is 0 Å². The van der Waals surface area contributed by atoms with Gasteiger partial charge in [0, 0.05) is 46.6 Å². The summed E-state index contributed by atoms with van der Waals surface area (Å²) in [6, 6.07) is 4.77. The summed E-state index contributed by atoms with van der Waals surface area (Å²) in [4.78, 5) is 2.76. The van der Waals surface area contributed by atoms with Crippen LogP contribution >= 0.6 is 11.3 Å². The minimum atomic E-state index is 0.0844. The van der Waals surface area contributed by atoms with E-state index in [9.17, 15) is 0 Å². The maximum Gasteiger partial charge on any atom is 0.0722 e. The van der Waals surface area contributed by atoms with E-state index in [4.69, 9.17) is 0 Å². The van der Waals surface area contributed by atoms with Crippen molar-refractivity contribution < 1.29 is 0 Å². The van der Waals surface area contributed by atoms with Gasteiger partial charge in [0.05, 0.1) is 5.69 Å². The largest absolute Gasteiger partial charge is 0.305 e. The highest BCUT2D eigenvalue weighted by Crippen LogP contribution is 2.26. The summed E-state index contributed by atoms with van der Waals surface area (Å²) in [7, 11) is 1.99. The molecule has 0 fully saturated rings. The van der Waals surface area contributed by atoms with Gasteiger partial charge < -0.3 is 5.32 Å². The Bertz CT molecular complexity index is 575. The van der Waals surface area contributed by atoms with E-state index in [2.05, 4.69) is 63.4 Å². The topological polar surface area (TPSA) is 29.9 Å². The summed E-state index contributed by atoms with van der Waals surface area (Å²) in [5.41, 5.74) is 2.56. The van der Waals surface area contributed by atoms with E-state index in [0.29, 0.717) is 6.04 Å². The average Bonchev–Trinajstić information content (AvgIpc) is 2.91. The van der Waals surface area contributed by atoms with Gasteiger partial charge in [-0.1, -0.05) is 20.8 Å². The number of hydrogen-bond donors (Lipinski definition) is 1. The molecule has 0 saturated heterocycles. The van der Waals surface area contributed by atoms with E-state index in [-0.39, 0.29) is 5.41 Å². The molecule has 2 aromatic rings. The summed E-state index contributed by atoms with van der Waals surface area (Å²) < 4.78 is 1.91. The van der Waals surface area contributed by atoms with Crippen LogP contribution in [0.1, 0.15) is 54.7 Å². The van der Waals surface area contributed by atoms with Crippen molar-refractivity contribution in [2.24, 2.45) is 7.05 Å². The monoisotopic (exact) mass is 291 g/mol. The zero-order valence-electron chi connectivity index (χ0n) is 13.3. The Kier molecular flexibility index (Phi) is 4.35. The van der Waals surface area contributed by atoms with Crippen molar-refractivity contribution in [2.45, 2.75) is 52.6 Å². The number of aromatic nitrogens is 2. The Balaban J connectivity index is 2.08. The zero-order valence-corrected chi connectivity index (χ0v) is 14.1. The third kappa shape index (κ3) is 3.49. The molecule has 0 aliphatic rings. The molecule has 2 aromatic heterocycles. The molecule has 1 atom stereocenters. The van der Waals surface area contributed by atoms with Crippen molar-refractivity contribution in [3.63, 3.8) is 0 Å². The van der Waals surface area contributed by atoms with Crippen molar-refractivity contribution in [3.05, 3.63) is 39.3 Å². The van der Waals surface area contributed by atoms with Crippen LogP contribution in [0.4, 0.5) is 0 Å². The number of rotatable bonds is 4. The molecule has 0 amide bonds. The van der Waals surface area contributed by atoms with Crippen molar-refractivity contribution >= 4 is 11.3 Å². The number of nitrogens with zero attached hydrogens (tertiary/aromatic N) is 2. The number of hydrogen-bond acceptors (Lipinski definition) is 3. The van der Waals surface area contributed by atoms with Crippen molar-refractivity contribution in [1.82, 2.24) is 15.1 Å². The molecule has 0 aliphatic carbocycles. The minimum Gasteiger partial charge on any atom is -0.305 e. The summed E-state index contributed by atoms with van der Waals surface area (Å²) in [5.74, 6) is 0. The lowest BCUT2D eigenvalue weighted by atomic mass is 9.89. The fourth-order valence-electron chi connectivity index (χ4n) is 2.35. The first-order valence-corrected chi connectivity index (χ1v) is 7.91. The van der Waals surface area contributed by atoms with Crippen LogP contribution in [-0.4, -0.2) is 9.78 Å². The van der Waals surface area contributed by atoms with Crippen LogP contribution in [0.25, 0.3) is 0 Å². The van der Waals surface area contributed by atoms with Crippen LogP contribution in [-0.2, 0) is 19.0 Å². The standard InChI is InChI=1S/C16H25N3S/c1-11-7-8-14(20-11)12(2)17-9-13-10-19(6)18-15(13)16(3,4)5/h7-8,10,12,17H,9H2,1-6H3. The molecule has 0 bridgehead atoms. The highest BCUT2D eigenvalue weighted by Gasteiger charge is 2.22. The highest BCUT2D eigenvalue weighted by atomic mass is 32.1. The molecule has 3 nitrogen and oxygen atoms in total. The van der Waals surface area contributed by atoms with Crippen molar-refractivity contribution in [1.29, 1.82) is 0 Å². The molecule has 0 radical (unpaired) electrons. The second kappa shape index (κ2) is 5.70. The van der Waals surface area contributed by atoms with Crippen LogP contribution in [0.5, 0.6) is 0 Å². The van der Waals surface area contributed by atoms with E-state index in [1.165, 1.54) is 21.0 Å². The highest BCUT2D eigenvalue weighted by molar-refractivity contribution is 7.12. The van der Waals surface area contributed by atoms with Gasteiger partial charge in [-0.2, -0.15) is 5.10 Å². The van der Waals surface area contributed by atoms with Crippen LogP contribution < -0.4 is 5.32 Å². The lowest BCUT2D eigenvalue weighted by molar-refractivity contribution is 0.533. The van der Waals surface area contributed by atoms with Gasteiger partial charge in [-0.15, -0.1) is 11.3 Å². The summed E-state index contributed by atoms with van der Waals surface area (Å²) in [5, 5.41) is 8.23. The van der Waals surface area contributed by atoms with Gasteiger partial charge in [0.15, 0.2) is 0 Å². The van der Waals surface area contributed by atoms with E-state index in [1.807, 2.05) is 23.1 Å². The molecule has 110 valence electrons. The Labute approximate surface area is 126 Å². The minimum absolute atomic E-state index is 0.0844.